The van der Waals surface area contributed by atoms with Crippen LogP contribution in [0.3, 0.4) is 0 Å². The van der Waals surface area contributed by atoms with Gasteiger partial charge < -0.3 is 24.9 Å². The van der Waals surface area contributed by atoms with E-state index in [4.69, 9.17) is 15.2 Å². The molecule has 0 spiro atoms. The molecule has 2 rings (SSSR count). The van der Waals surface area contributed by atoms with E-state index in [2.05, 4.69) is 15.0 Å². The van der Waals surface area contributed by atoms with E-state index in [0.29, 0.717) is 5.65 Å². The number of carbonyl (C=O) groups excluding carboxylic acids is 2. The number of aromatic nitrogens is 4. The predicted octanol–water partition coefficient (Wildman–Crippen LogP) is 0.223. The topological polar surface area (TPSA) is 162 Å². The van der Waals surface area contributed by atoms with E-state index in [1.165, 1.54) is 13.3 Å². The Morgan fingerprint density at radius 2 is 2.03 bits per heavy atom. The van der Waals surface area contributed by atoms with Crippen molar-refractivity contribution in [2.75, 3.05) is 25.6 Å². The number of nitrogens with one attached hydrogen (secondary N) is 1. The van der Waals surface area contributed by atoms with Gasteiger partial charge in [0.2, 0.25) is 5.95 Å². The molecule has 0 amide bonds. The van der Waals surface area contributed by atoms with Crippen LogP contribution in [0.4, 0.5) is 5.95 Å². The molecule has 2 heterocycles. The fourth-order valence-corrected chi connectivity index (χ4v) is 2.73. The van der Waals surface area contributed by atoms with Crippen LogP contribution in [-0.4, -0.2) is 56.4 Å². The number of nitrogens with zero attached hydrogens (tertiary/aromatic N) is 3. The molecule has 0 saturated heterocycles. The summed E-state index contributed by atoms with van der Waals surface area (Å²) in [7, 11) is 0. The summed E-state index contributed by atoms with van der Waals surface area (Å²) in [5.74, 6) is -0.813. The van der Waals surface area contributed by atoms with Gasteiger partial charge in [-0.2, -0.15) is 4.98 Å². The number of nitrogen functional groups attached to an aromatic ring is 1. The van der Waals surface area contributed by atoms with Crippen molar-refractivity contribution in [3.63, 3.8) is 0 Å². The second kappa shape index (κ2) is 9.50. The summed E-state index contributed by atoms with van der Waals surface area (Å²) < 4.78 is 12.0. The zero-order chi connectivity index (χ0) is 21.6. The minimum Gasteiger partial charge on any atom is -0.465 e. The molecule has 2 aromatic rings. The second-order valence-corrected chi connectivity index (χ2v) is 7.51. The molecule has 0 bridgehead atoms. The molecule has 0 saturated carbocycles. The first-order valence-electron chi connectivity index (χ1n) is 9.26. The average Bonchev–Trinajstić information content (AvgIpc) is 3.04. The number of rotatable bonds is 10. The SMILES string of the molecule is CC(=O)OCC(CO)(CCn1cnc2c(=O)[nH]c(N)nc21)COC(=O)CC(C)C. The molecule has 4 N–H and O–H groups in total. The molecule has 0 radical (unpaired) electrons. The molecule has 1 atom stereocenters. The lowest BCUT2D eigenvalue weighted by Gasteiger charge is -2.31. The van der Waals surface area contributed by atoms with E-state index < -0.39 is 22.9 Å². The van der Waals surface area contributed by atoms with Crippen molar-refractivity contribution < 1.29 is 24.2 Å². The van der Waals surface area contributed by atoms with Gasteiger partial charge in [0.25, 0.3) is 5.56 Å². The van der Waals surface area contributed by atoms with Gasteiger partial charge in [-0.1, -0.05) is 13.8 Å². The van der Waals surface area contributed by atoms with E-state index in [9.17, 15) is 19.5 Å². The van der Waals surface area contributed by atoms with Gasteiger partial charge in [-0.15, -0.1) is 0 Å². The molecule has 0 fully saturated rings. The number of ether oxygens (including phenoxy) is 2. The van der Waals surface area contributed by atoms with Crippen LogP contribution in [0.2, 0.25) is 0 Å². The van der Waals surface area contributed by atoms with Crippen molar-refractivity contribution in [2.24, 2.45) is 11.3 Å². The van der Waals surface area contributed by atoms with E-state index in [1.807, 2.05) is 13.8 Å². The van der Waals surface area contributed by atoms with Crippen LogP contribution in [0.1, 0.15) is 33.6 Å². The molecule has 29 heavy (non-hydrogen) atoms. The normalized spacial score (nSPS) is 13.4. The van der Waals surface area contributed by atoms with Gasteiger partial charge in [-0.05, 0) is 12.3 Å². The molecule has 2 aromatic heterocycles. The van der Waals surface area contributed by atoms with Gasteiger partial charge in [0, 0.05) is 19.9 Å². The Balaban J connectivity index is 2.19. The monoisotopic (exact) mass is 409 g/mol. The molecule has 1 unspecified atom stereocenters. The van der Waals surface area contributed by atoms with Crippen LogP contribution in [0.5, 0.6) is 0 Å². The van der Waals surface area contributed by atoms with Crippen LogP contribution in [-0.2, 0) is 25.6 Å². The number of nitrogens with two attached hydrogens (primary N) is 1. The van der Waals surface area contributed by atoms with E-state index in [0.717, 1.165) is 0 Å². The van der Waals surface area contributed by atoms with Crippen LogP contribution in [0, 0.1) is 11.3 Å². The largest absolute Gasteiger partial charge is 0.465 e. The summed E-state index contributed by atoms with van der Waals surface area (Å²) in [6.07, 6.45) is 1.95. The number of esters is 2. The van der Waals surface area contributed by atoms with Crippen molar-refractivity contribution in [1.29, 1.82) is 0 Å². The highest BCUT2D eigenvalue weighted by atomic mass is 16.5. The van der Waals surface area contributed by atoms with Crippen molar-refractivity contribution >= 4 is 29.1 Å². The van der Waals surface area contributed by atoms with Gasteiger partial charge >= 0.3 is 11.9 Å². The number of aryl methyl sites for hydroxylation is 1. The van der Waals surface area contributed by atoms with E-state index in [-0.39, 0.29) is 56.6 Å². The van der Waals surface area contributed by atoms with Gasteiger partial charge in [-0.25, -0.2) is 4.98 Å². The Morgan fingerprint density at radius 3 is 2.66 bits per heavy atom. The molecule has 0 aliphatic carbocycles. The van der Waals surface area contributed by atoms with Crippen molar-refractivity contribution in [2.45, 2.75) is 40.2 Å². The standard InChI is InChI=1S/C18H27N5O6/c1-11(2)6-13(26)29-9-18(7-24,8-28-12(3)25)4-5-23-10-20-14-15(23)21-17(19)22-16(14)27/h10-11,24H,4-9H2,1-3H3,(H3,19,21,22,27). The minimum absolute atomic E-state index is 0.0415. The maximum Gasteiger partial charge on any atom is 0.306 e. The highest BCUT2D eigenvalue weighted by Gasteiger charge is 2.33. The smallest absolute Gasteiger partial charge is 0.306 e. The number of H-pyrrole nitrogens is 1. The Kier molecular flexibility index (Phi) is 7.32. The molecule has 0 aliphatic heterocycles. The molecule has 11 heteroatoms. The zero-order valence-electron chi connectivity index (χ0n) is 16.8. The molecular formula is C18H27N5O6. The van der Waals surface area contributed by atoms with Gasteiger partial charge in [0.05, 0.1) is 18.3 Å². The van der Waals surface area contributed by atoms with E-state index in [1.54, 1.807) is 4.57 Å². The second-order valence-electron chi connectivity index (χ2n) is 7.51. The number of aromatic amines is 1. The molecule has 0 aliphatic rings. The number of aliphatic hydroxyl groups excluding tert-OH is 1. The Labute approximate surface area is 167 Å². The van der Waals surface area contributed by atoms with Crippen LogP contribution < -0.4 is 11.3 Å². The number of anilines is 1. The number of hydrogen-bond acceptors (Lipinski definition) is 9. The maximum atomic E-state index is 11.9. The number of imidazole rings is 1. The fraction of sp³-hybridized carbons (Fsp3) is 0.611. The first-order valence-corrected chi connectivity index (χ1v) is 9.26. The number of hydrogen-bond donors (Lipinski definition) is 3. The summed E-state index contributed by atoms with van der Waals surface area (Å²) in [6.45, 7) is 4.69. The first kappa shape index (κ1) is 22.3. The third kappa shape index (κ3) is 6.01. The fourth-order valence-electron chi connectivity index (χ4n) is 2.73. The lowest BCUT2D eigenvalue weighted by Crippen LogP contribution is -2.39. The molecule has 11 nitrogen and oxygen atoms in total. The van der Waals surface area contributed by atoms with Gasteiger partial charge in [-0.3, -0.25) is 19.4 Å². The average molecular weight is 409 g/mol. The Morgan fingerprint density at radius 1 is 1.34 bits per heavy atom. The summed E-state index contributed by atoms with van der Waals surface area (Å²) >= 11 is 0. The summed E-state index contributed by atoms with van der Waals surface area (Å²) in [4.78, 5) is 45.6. The maximum absolute atomic E-state index is 11.9. The van der Waals surface area contributed by atoms with Gasteiger partial charge in [0.15, 0.2) is 11.2 Å². The molecule has 160 valence electrons. The predicted molar refractivity (Wildman–Crippen MR) is 104 cm³/mol. The first-order chi connectivity index (χ1) is 13.7. The number of fused-ring (bicyclic) bond motifs is 1. The van der Waals surface area contributed by atoms with Crippen molar-refractivity contribution in [1.82, 2.24) is 19.5 Å². The van der Waals surface area contributed by atoms with Crippen LogP contribution in [0.15, 0.2) is 11.1 Å². The number of carbonyl (C=O) groups is 2. The minimum atomic E-state index is -1.01. The van der Waals surface area contributed by atoms with Crippen LogP contribution in [0.25, 0.3) is 11.2 Å². The third-order valence-electron chi connectivity index (χ3n) is 4.41. The summed E-state index contributed by atoms with van der Waals surface area (Å²) in [5.41, 5.74) is 4.56. The molecular weight excluding hydrogens is 382 g/mol. The lowest BCUT2D eigenvalue weighted by molar-refractivity contribution is -0.156. The Hall–Kier alpha value is -2.95. The highest BCUT2D eigenvalue weighted by molar-refractivity contribution is 5.70. The quantitative estimate of drug-likeness (QED) is 0.466. The highest BCUT2D eigenvalue weighted by Crippen LogP contribution is 2.25. The van der Waals surface area contributed by atoms with Crippen molar-refractivity contribution in [3.05, 3.63) is 16.7 Å². The van der Waals surface area contributed by atoms with Crippen LogP contribution >= 0.6 is 0 Å². The molecule has 0 aromatic carbocycles. The zero-order valence-corrected chi connectivity index (χ0v) is 16.8. The summed E-state index contributed by atoms with van der Waals surface area (Å²) in [6, 6.07) is 0. The lowest BCUT2D eigenvalue weighted by atomic mass is 9.87. The van der Waals surface area contributed by atoms with Crippen molar-refractivity contribution in [3.8, 4) is 0 Å². The Bertz CT molecular complexity index is 921. The number of aliphatic hydroxyl groups is 1. The third-order valence-corrected chi connectivity index (χ3v) is 4.41. The summed E-state index contributed by atoms with van der Waals surface area (Å²) in [5, 5.41) is 10.0. The van der Waals surface area contributed by atoms with E-state index >= 15 is 0 Å². The van der Waals surface area contributed by atoms with Gasteiger partial charge in [0.1, 0.15) is 13.2 Å².